The van der Waals surface area contributed by atoms with Crippen molar-refractivity contribution in [3.05, 3.63) is 17.2 Å². The highest BCUT2D eigenvalue weighted by atomic mass is 16.5. The fraction of sp³-hybridized carbons (Fsp3) is 0.500. The number of hydrogen-bond donors (Lipinski definition) is 0. The summed E-state index contributed by atoms with van der Waals surface area (Å²) in [5.41, 5.74) is 1.84. The minimum atomic E-state index is -0.395. The molecule has 1 rings (SSSR count). The van der Waals surface area contributed by atoms with Crippen LogP contribution in [0.3, 0.4) is 0 Å². The average Bonchev–Trinajstić information content (AvgIpc) is 2.32. The molecule has 0 saturated carbocycles. The highest BCUT2D eigenvalue weighted by molar-refractivity contribution is 5.85. The van der Waals surface area contributed by atoms with Crippen LogP contribution in [0.5, 0.6) is 0 Å². The zero-order chi connectivity index (χ0) is 9.30. The number of esters is 1. The Balaban J connectivity index is 3.17. The van der Waals surface area contributed by atoms with E-state index in [1.807, 2.05) is 13.8 Å². The molecule has 0 fully saturated rings. The van der Waals surface area contributed by atoms with E-state index in [2.05, 4.69) is 9.72 Å². The number of rotatable bonds is 1. The van der Waals surface area contributed by atoms with Crippen LogP contribution in [-0.4, -0.2) is 22.6 Å². The van der Waals surface area contributed by atoms with E-state index < -0.39 is 5.97 Å². The van der Waals surface area contributed by atoms with Crippen molar-refractivity contribution in [3.8, 4) is 0 Å². The number of ether oxygens (including phenoxy) is 1. The van der Waals surface area contributed by atoms with E-state index >= 15 is 0 Å². The monoisotopic (exact) mass is 168 g/mol. The topological polar surface area (TPSA) is 44.1 Å². The normalized spacial score (nSPS) is 10.0. The lowest BCUT2D eigenvalue weighted by Gasteiger charge is -1.99. The molecule has 0 radical (unpaired) electrons. The Morgan fingerprint density at radius 2 is 2.08 bits per heavy atom. The van der Waals surface area contributed by atoms with Crippen LogP contribution >= 0.6 is 0 Å². The molecule has 0 spiro atoms. The van der Waals surface area contributed by atoms with Crippen molar-refractivity contribution >= 4 is 5.97 Å². The quantitative estimate of drug-likeness (QED) is 0.583. The van der Waals surface area contributed by atoms with E-state index in [-0.39, 0.29) is 0 Å². The van der Waals surface area contributed by atoms with Gasteiger partial charge < -0.3 is 9.30 Å². The van der Waals surface area contributed by atoms with Crippen LogP contribution in [0, 0.1) is 13.8 Å². The van der Waals surface area contributed by atoms with Gasteiger partial charge in [-0.1, -0.05) is 0 Å². The van der Waals surface area contributed by atoms with Crippen LogP contribution in [0.1, 0.15) is 22.0 Å². The molecule has 0 aromatic carbocycles. The molecule has 0 amide bonds. The van der Waals surface area contributed by atoms with Gasteiger partial charge in [-0.05, 0) is 13.8 Å². The second-order valence-corrected chi connectivity index (χ2v) is 2.66. The number of hydrogen-bond acceptors (Lipinski definition) is 3. The second kappa shape index (κ2) is 2.97. The summed E-state index contributed by atoms with van der Waals surface area (Å²) >= 11 is 0. The molecule has 0 bridgehead atoms. The molecular weight excluding hydrogens is 156 g/mol. The van der Waals surface area contributed by atoms with E-state index in [1.165, 1.54) is 7.11 Å². The number of carbonyl (C=O) groups excluding carboxylic acids is 1. The summed E-state index contributed by atoms with van der Waals surface area (Å²) in [4.78, 5) is 15.2. The number of nitrogens with zero attached hydrogens (tertiary/aromatic N) is 2. The van der Waals surface area contributed by atoms with Gasteiger partial charge in [-0.25, -0.2) is 9.78 Å². The van der Waals surface area contributed by atoms with E-state index in [4.69, 9.17) is 0 Å². The Hall–Kier alpha value is -1.32. The van der Waals surface area contributed by atoms with Gasteiger partial charge in [0.25, 0.3) is 0 Å². The maximum atomic E-state index is 11.1. The first-order chi connectivity index (χ1) is 5.57. The first-order valence-electron chi connectivity index (χ1n) is 3.66. The maximum absolute atomic E-state index is 11.1. The third-order valence-corrected chi connectivity index (χ3v) is 1.99. The first-order valence-corrected chi connectivity index (χ1v) is 3.66. The Bertz CT molecular complexity index is 315. The van der Waals surface area contributed by atoms with Crippen molar-refractivity contribution in [3.63, 3.8) is 0 Å². The molecule has 12 heavy (non-hydrogen) atoms. The zero-order valence-electron chi connectivity index (χ0n) is 7.71. The summed E-state index contributed by atoms with van der Waals surface area (Å²) in [6.07, 6.45) is 0. The summed E-state index contributed by atoms with van der Waals surface area (Å²) in [5.74, 6) is -0.0406. The number of aryl methyl sites for hydroxylation is 1. The first kappa shape index (κ1) is 8.77. The maximum Gasteiger partial charge on any atom is 0.374 e. The van der Waals surface area contributed by atoms with Crippen LogP contribution in [0.15, 0.2) is 0 Å². The van der Waals surface area contributed by atoms with Crippen LogP contribution in [0.25, 0.3) is 0 Å². The van der Waals surface area contributed by atoms with E-state index in [1.54, 1.807) is 11.6 Å². The van der Waals surface area contributed by atoms with Crippen LogP contribution in [-0.2, 0) is 11.8 Å². The van der Waals surface area contributed by atoms with Crippen LogP contribution in [0.2, 0.25) is 0 Å². The second-order valence-electron chi connectivity index (χ2n) is 2.66. The summed E-state index contributed by atoms with van der Waals surface area (Å²) in [6, 6.07) is 0. The van der Waals surface area contributed by atoms with Crippen molar-refractivity contribution in [2.24, 2.45) is 7.05 Å². The Morgan fingerprint density at radius 3 is 2.42 bits per heavy atom. The molecular formula is C8H12N2O2. The van der Waals surface area contributed by atoms with Crippen molar-refractivity contribution in [2.45, 2.75) is 13.8 Å². The predicted molar refractivity (Wildman–Crippen MR) is 44.0 cm³/mol. The van der Waals surface area contributed by atoms with Crippen molar-refractivity contribution in [2.75, 3.05) is 7.11 Å². The molecule has 1 aromatic heterocycles. The van der Waals surface area contributed by atoms with Gasteiger partial charge in [0, 0.05) is 12.7 Å². The lowest BCUT2D eigenvalue weighted by atomic mass is 10.4. The minimum absolute atomic E-state index is 0.354. The Kier molecular flexibility index (Phi) is 2.17. The highest BCUT2D eigenvalue weighted by Gasteiger charge is 2.14. The number of imidazole rings is 1. The molecule has 0 saturated heterocycles. The summed E-state index contributed by atoms with van der Waals surface area (Å²) in [5, 5.41) is 0. The third-order valence-electron chi connectivity index (χ3n) is 1.99. The molecule has 66 valence electrons. The summed E-state index contributed by atoms with van der Waals surface area (Å²) in [6.45, 7) is 3.77. The number of carbonyl (C=O) groups is 1. The largest absolute Gasteiger partial charge is 0.463 e. The summed E-state index contributed by atoms with van der Waals surface area (Å²) < 4.78 is 6.29. The molecule has 4 nitrogen and oxygen atoms in total. The number of aromatic nitrogens is 2. The number of methoxy groups -OCH3 is 1. The zero-order valence-corrected chi connectivity index (χ0v) is 7.71. The van der Waals surface area contributed by atoms with E-state index in [0.717, 1.165) is 11.4 Å². The van der Waals surface area contributed by atoms with Gasteiger partial charge in [-0.3, -0.25) is 0 Å². The fourth-order valence-electron chi connectivity index (χ4n) is 0.990. The molecule has 0 aliphatic heterocycles. The smallest absolute Gasteiger partial charge is 0.374 e. The minimum Gasteiger partial charge on any atom is -0.463 e. The van der Waals surface area contributed by atoms with Crippen molar-refractivity contribution in [1.82, 2.24) is 9.55 Å². The Labute approximate surface area is 71.2 Å². The average molecular weight is 168 g/mol. The molecule has 4 heteroatoms. The van der Waals surface area contributed by atoms with Crippen molar-refractivity contribution < 1.29 is 9.53 Å². The lowest BCUT2D eigenvalue weighted by molar-refractivity contribution is 0.0582. The van der Waals surface area contributed by atoms with Crippen LogP contribution in [0.4, 0.5) is 0 Å². The fourth-order valence-corrected chi connectivity index (χ4v) is 0.990. The van der Waals surface area contributed by atoms with Crippen molar-refractivity contribution in [1.29, 1.82) is 0 Å². The van der Waals surface area contributed by atoms with E-state index in [9.17, 15) is 4.79 Å². The predicted octanol–water partition coefficient (Wildman–Crippen LogP) is 0.824. The van der Waals surface area contributed by atoms with Gasteiger partial charge in [0.2, 0.25) is 5.82 Å². The van der Waals surface area contributed by atoms with Gasteiger partial charge in [0.1, 0.15) is 0 Å². The lowest BCUT2D eigenvalue weighted by Crippen LogP contribution is -2.09. The molecule has 0 unspecified atom stereocenters. The molecule has 1 heterocycles. The van der Waals surface area contributed by atoms with E-state index in [0.29, 0.717) is 5.82 Å². The van der Waals surface area contributed by atoms with Gasteiger partial charge in [0.05, 0.1) is 12.8 Å². The molecule has 1 aromatic rings. The molecule has 0 aliphatic carbocycles. The van der Waals surface area contributed by atoms with Gasteiger partial charge in [0.15, 0.2) is 0 Å². The van der Waals surface area contributed by atoms with Gasteiger partial charge >= 0.3 is 5.97 Å². The summed E-state index contributed by atoms with van der Waals surface area (Å²) in [7, 11) is 3.14. The SMILES string of the molecule is COC(=O)c1nc(C)c(C)n1C. The van der Waals surface area contributed by atoms with Gasteiger partial charge in [-0.2, -0.15) is 0 Å². The molecule has 0 N–H and O–H groups in total. The van der Waals surface area contributed by atoms with Crippen LogP contribution < -0.4 is 0 Å². The molecule has 0 atom stereocenters. The molecule has 0 aliphatic rings. The standard InChI is InChI=1S/C8H12N2O2/c1-5-6(2)10(3)7(9-5)8(11)12-4/h1-4H3. The Morgan fingerprint density at radius 1 is 1.50 bits per heavy atom. The van der Waals surface area contributed by atoms with Gasteiger partial charge in [-0.15, -0.1) is 0 Å². The highest BCUT2D eigenvalue weighted by Crippen LogP contribution is 2.08. The third kappa shape index (κ3) is 1.20.